The van der Waals surface area contributed by atoms with Crippen LogP contribution in [0.4, 0.5) is 11.8 Å². The highest BCUT2D eigenvalue weighted by Gasteiger charge is 2.03. The zero-order chi connectivity index (χ0) is 13.5. The van der Waals surface area contributed by atoms with Crippen LogP contribution in [0.1, 0.15) is 12.6 Å². The van der Waals surface area contributed by atoms with E-state index in [0.29, 0.717) is 18.3 Å². The molecular weight excluding hydrogens is 242 g/mol. The Balaban J connectivity index is 1.92. The zero-order valence-electron chi connectivity index (χ0n) is 10.8. The molecule has 0 atom stereocenters. The predicted octanol–water partition coefficient (Wildman–Crippen LogP) is 1.51. The van der Waals surface area contributed by atoms with Crippen LogP contribution >= 0.6 is 0 Å². The van der Waals surface area contributed by atoms with Crippen molar-refractivity contribution in [3.8, 4) is 5.88 Å². The Kier molecular flexibility index (Phi) is 4.49. The summed E-state index contributed by atoms with van der Waals surface area (Å²) in [5, 5.41) is 3.07. The van der Waals surface area contributed by atoms with E-state index in [-0.39, 0.29) is 5.95 Å². The molecule has 0 unspecified atom stereocenters. The molecule has 2 rings (SSSR count). The first-order valence-corrected chi connectivity index (χ1v) is 6.19. The number of hydrogen-bond acceptors (Lipinski definition) is 6. The van der Waals surface area contributed by atoms with E-state index in [0.717, 1.165) is 18.7 Å². The monoisotopic (exact) mass is 259 g/mol. The Labute approximate surface area is 112 Å². The van der Waals surface area contributed by atoms with Gasteiger partial charge in [0.15, 0.2) is 0 Å². The summed E-state index contributed by atoms with van der Waals surface area (Å²) in [4.78, 5) is 12.3. The number of nitrogen functional groups attached to an aromatic ring is 1. The van der Waals surface area contributed by atoms with Crippen molar-refractivity contribution < 1.29 is 4.74 Å². The van der Waals surface area contributed by atoms with Crippen LogP contribution in [-0.2, 0) is 6.42 Å². The van der Waals surface area contributed by atoms with Crippen molar-refractivity contribution in [3.63, 3.8) is 0 Å². The second-order valence-corrected chi connectivity index (χ2v) is 3.90. The fraction of sp³-hybridized carbons (Fsp3) is 0.308. The standard InChI is InChI=1S/C13H17N5O/c1-2-15-11-9-12(18-13(14)17-11)19-8-6-10-5-3-4-7-16-10/h3-5,7,9H,2,6,8H2,1H3,(H3,14,15,17,18). The van der Waals surface area contributed by atoms with Gasteiger partial charge in [0.2, 0.25) is 11.8 Å². The van der Waals surface area contributed by atoms with Gasteiger partial charge in [-0.3, -0.25) is 4.98 Å². The van der Waals surface area contributed by atoms with Crippen LogP contribution in [0.15, 0.2) is 30.5 Å². The van der Waals surface area contributed by atoms with Gasteiger partial charge >= 0.3 is 0 Å². The number of aromatic nitrogens is 3. The Bertz CT molecular complexity index is 518. The first-order chi connectivity index (χ1) is 9.28. The molecular formula is C13H17N5O. The summed E-state index contributed by atoms with van der Waals surface area (Å²) < 4.78 is 5.57. The minimum Gasteiger partial charge on any atom is -0.477 e. The molecule has 0 aliphatic heterocycles. The second kappa shape index (κ2) is 6.53. The maximum absolute atomic E-state index is 5.62. The van der Waals surface area contributed by atoms with Crippen molar-refractivity contribution in [2.24, 2.45) is 0 Å². The molecule has 0 aliphatic rings. The molecule has 100 valence electrons. The lowest BCUT2D eigenvalue weighted by molar-refractivity contribution is 0.308. The average molecular weight is 259 g/mol. The molecule has 0 spiro atoms. The van der Waals surface area contributed by atoms with Crippen molar-refractivity contribution in [3.05, 3.63) is 36.2 Å². The molecule has 0 radical (unpaired) electrons. The minimum atomic E-state index is 0.200. The third-order valence-electron chi connectivity index (χ3n) is 2.41. The van der Waals surface area contributed by atoms with E-state index < -0.39 is 0 Å². The van der Waals surface area contributed by atoms with E-state index in [4.69, 9.17) is 10.5 Å². The van der Waals surface area contributed by atoms with E-state index in [9.17, 15) is 0 Å². The molecule has 0 bridgehead atoms. The normalized spacial score (nSPS) is 10.2. The molecule has 0 aliphatic carbocycles. The third kappa shape index (κ3) is 4.09. The Hall–Kier alpha value is -2.37. The summed E-state index contributed by atoms with van der Waals surface area (Å²) in [6, 6.07) is 7.53. The lowest BCUT2D eigenvalue weighted by atomic mass is 10.3. The number of rotatable bonds is 6. The van der Waals surface area contributed by atoms with Gasteiger partial charge in [0, 0.05) is 30.9 Å². The first kappa shape index (κ1) is 13.1. The van der Waals surface area contributed by atoms with Crippen molar-refractivity contribution in [2.45, 2.75) is 13.3 Å². The molecule has 3 N–H and O–H groups in total. The van der Waals surface area contributed by atoms with Crippen molar-refractivity contribution in [2.75, 3.05) is 24.2 Å². The van der Waals surface area contributed by atoms with Gasteiger partial charge in [0.1, 0.15) is 5.82 Å². The molecule has 2 aromatic heterocycles. The Morgan fingerprint density at radius 1 is 1.32 bits per heavy atom. The summed E-state index contributed by atoms with van der Waals surface area (Å²) in [5.41, 5.74) is 6.60. The highest BCUT2D eigenvalue weighted by Crippen LogP contribution is 2.14. The number of hydrogen-bond donors (Lipinski definition) is 2. The summed E-state index contributed by atoms with van der Waals surface area (Å²) in [5.74, 6) is 1.34. The zero-order valence-corrected chi connectivity index (χ0v) is 10.8. The summed E-state index contributed by atoms with van der Waals surface area (Å²) in [6.45, 7) is 3.25. The van der Waals surface area contributed by atoms with Gasteiger partial charge in [-0.15, -0.1) is 0 Å². The molecule has 2 heterocycles. The van der Waals surface area contributed by atoms with Crippen molar-refractivity contribution in [1.29, 1.82) is 0 Å². The summed E-state index contributed by atoms with van der Waals surface area (Å²) in [7, 11) is 0. The molecule has 6 heteroatoms. The van der Waals surface area contributed by atoms with Gasteiger partial charge in [-0.05, 0) is 19.1 Å². The molecule has 2 aromatic rings. The van der Waals surface area contributed by atoms with Gasteiger partial charge in [-0.2, -0.15) is 9.97 Å². The smallest absolute Gasteiger partial charge is 0.225 e. The molecule has 6 nitrogen and oxygen atoms in total. The summed E-state index contributed by atoms with van der Waals surface area (Å²) >= 11 is 0. The van der Waals surface area contributed by atoms with Crippen LogP contribution in [0.3, 0.4) is 0 Å². The maximum atomic E-state index is 5.62. The average Bonchev–Trinajstić information content (AvgIpc) is 2.40. The van der Waals surface area contributed by atoms with E-state index in [1.165, 1.54) is 0 Å². The fourth-order valence-corrected chi connectivity index (χ4v) is 1.59. The quantitative estimate of drug-likeness (QED) is 0.817. The lowest BCUT2D eigenvalue weighted by Crippen LogP contribution is -2.08. The first-order valence-electron chi connectivity index (χ1n) is 6.19. The number of anilines is 2. The van der Waals surface area contributed by atoms with Gasteiger partial charge in [-0.1, -0.05) is 6.07 Å². The molecule has 0 saturated heterocycles. The van der Waals surface area contributed by atoms with Crippen LogP contribution in [0, 0.1) is 0 Å². The molecule has 0 amide bonds. The van der Waals surface area contributed by atoms with Gasteiger partial charge in [0.25, 0.3) is 0 Å². The van der Waals surface area contributed by atoms with Crippen molar-refractivity contribution in [1.82, 2.24) is 15.0 Å². The van der Waals surface area contributed by atoms with Crippen LogP contribution in [-0.4, -0.2) is 28.1 Å². The van der Waals surface area contributed by atoms with E-state index in [1.54, 1.807) is 12.3 Å². The van der Waals surface area contributed by atoms with E-state index in [2.05, 4.69) is 20.3 Å². The highest BCUT2D eigenvalue weighted by molar-refractivity contribution is 5.42. The van der Waals surface area contributed by atoms with E-state index >= 15 is 0 Å². The topological polar surface area (TPSA) is 86.0 Å². The number of pyridine rings is 1. The predicted molar refractivity (Wildman–Crippen MR) is 74.0 cm³/mol. The van der Waals surface area contributed by atoms with Gasteiger partial charge < -0.3 is 15.8 Å². The van der Waals surface area contributed by atoms with Crippen molar-refractivity contribution >= 4 is 11.8 Å². The van der Waals surface area contributed by atoms with Crippen LogP contribution in [0.5, 0.6) is 5.88 Å². The number of nitrogens with one attached hydrogen (secondary N) is 1. The van der Waals surface area contributed by atoms with Gasteiger partial charge in [0.05, 0.1) is 6.61 Å². The van der Waals surface area contributed by atoms with E-state index in [1.807, 2.05) is 25.1 Å². The second-order valence-electron chi connectivity index (χ2n) is 3.90. The maximum Gasteiger partial charge on any atom is 0.225 e. The Morgan fingerprint density at radius 3 is 2.95 bits per heavy atom. The highest BCUT2D eigenvalue weighted by atomic mass is 16.5. The third-order valence-corrected chi connectivity index (χ3v) is 2.41. The lowest BCUT2D eigenvalue weighted by Gasteiger charge is -2.08. The van der Waals surface area contributed by atoms with Crippen LogP contribution < -0.4 is 15.8 Å². The summed E-state index contributed by atoms with van der Waals surface area (Å²) in [6.07, 6.45) is 2.49. The number of nitrogens with two attached hydrogens (primary N) is 1. The molecule has 19 heavy (non-hydrogen) atoms. The van der Waals surface area contributed by atoms with Gasteiger partial charge in [-0.25, -0.2) is 0 Å². The molecule has 0 fully saturated rings. The van der Waals surface area contributed by atoms with Crippen LogP contribution in [0.2, 0.25) is 0 Å². The SMILES string of the molecule is CCNc1cc(OCCc2ccccn2)nc(N)n1. The minimum absolute atomic E-state index is 0.200. The largest absolute Gasteiger partial charge is 0.477 e. The molecule has 0 aromatic carbocycles. The van der Waals surface area contributed by atoms with Crippen LogP contribution in [0.25, 0.3) is 0 Å². The number of ether oxygens (including phenoxy) is 1. The fourth-order valence-electron chi connectivity index (χ4n) is 1.59. The Morgan fingerprint density at radius 2 is 2.21 bits per heavy atom. The number of nitrogens with zero attached hydrogens (tertiary/aromatic N) is 3. The molecule has 0 saturated carbocycles.